The van der Waals surface area contributed by atoms with Crippen LogP contribution in [0.1, 0.15) is 35.2 Å². The van der Waals surface area contributed by atoms with Crippen LogP contribution in [0.5, 0.6) is 0 Å². The summed E-state index contributed by atoms with van der Waals surface area (Å²) in [5.74, 6) is -0.266. The highest BCUT2D eigenvalue weighted by Crippen LogP contribution is 2.16. The lowest BCUT2D eigenvalue weighted by molar-refractivity contribution is 0.112. The van der Waals surface area contributed by atoms with Crippen LogP contribution in [0.25, 0.3) is 0 Å². The van der Waals surface area contributed by atoms with Gasteiger partial charge in [-0.15, -0.1) is 0 Å². The highest BCUT2D eigenvalue weighted by atomic mass is 19.1. The van der Waals surface area contributed by atoms with Gasteiger partial charge in [-0.1, -0.05) is 6.42 Å². The molecule has 0 N–H and O–H groups in total. The van der Waals surface area contributed by atoms with Gasteiger partial charge in [0.25, 0.3) is 0 Å². The predicted molar refractivity (Wildman–Crippen MR) is 60.9 cm³/mol. The lowest BCUT2D eigenvalue weighted by Gasteiger charge is -2.26. The quantitative estimate of drug-likeness (QED) is 0.731. The molecule has 0 amide bonds. The second kappa shape index (κ2) is 5.21. The van der Waals surface area contributed by atoms with Gasteiger partial charge in [-0.3, -0.25) is 9.69 Å². The number of hydrogen-bond donors (Lipinski definition) is 0. The average Bonchev–Trinajstić information content (AvgIpc) is 2.31. The highest BCUT2D eigenvalue weighted by Gasteiger charge is 2.12. The summed E-state index contributed by atoms with van der Waals surface area (Å²) >= 11 is 0. The number of halogens is 1. The third kappa shape index (κ3) is 2.67. The van der Waals surface area contributed by atoms with Crippen LogP contribution in [0.15, 0.2) is 18.2 Å². The Hall–Kier alpha value is -1.22. The van der Waals surface area contributed by atoms with Gasteiger partial charge < -0.3 is 0 Å². The van der Waals surface area contributed by atoms with E-state index < -0.39 is 0 Å². The smallest absolute Gasteiger partial charge is 0.150 e. The van der Waals surface area contributed by atoms with E-state index in [9.17, 15) is 9.18 Å². The minimum atomic E-state index is -0.266. The van der Waals surface area contributed by atoms with E-state index in [0.717, 1.165) is 24.9 Å². The minimum Gasteiger partial charge on any atom is -0.299 e. The number of piperidine rings is 1. The Balaban J connectivity index is 2.12. The first-order chi connectivity index (χ1) is 7.79. The van der Waals surface area contributed by atoms with Gasteiger partial charge in [-0.2, -0.15) is 0 Å². The third-order valence-corrected chi connectivity index (χ3v) is 3.07. The van der Waals surface area contributed by atoms with E-state index in [-0.39, 0.29) is 5.82 Å². The largest absolute Gasteiger partial charge is 0.299 e. The summed E-state index contributed by atoms with van der Waals surface area (Å²) in [6.07, 6.45) is 4.48. The summed E-state index contributed by atoms with van der Waals surface area (Å²) in [6, 6.07) is 4.36. The maximum Gasteiger partial charge on any atom is 0.150 e. The van der Waals surface area contributed by atoms with Gasteiger partial charge >= 0.3 is 0 Å². The molecule has 0 aliphatic carbocycles. The fourth-order valence-corrected chi connectivity index (χ4v) is 2.18. The molecule has 1 heterocycles. The van der Waals surface area contributed by atoms with Gasteiger partial charge in [0.15, 0.2) is 0 Å². The van der Waals surface area contributed by atoms with Crippen LogP contribution in [0.3, 0.4) is 0 Å². The topological polar surface area (TPSA) is 20.3 Å². The molecule has 2 rings (SSSR count). The molecule has 0 radical (unpaired) electrons. The van der Waals surface area contributed by atoms with Crippen molar-refractivity contribution in [1.29, 1.82) is 0 Å². The molecular formula is C13H16FNO. The summed E-state index contributed by atoms with van der Waals surface area (Å²) in [4.78, 5) is 13.1. The van der Waals surface area contributed by atoms with Crippen molar-refractivity contribution in [1.82, 2.24) is 4.90 Å². The van der Waals surface area contributed by atoms with Gasteiger partial charge in [0.2, 0.25) is 0 Å². The first-order valence-corrected chi connectivity index (χ1v) is 5.75. The number of aldehydes is 1. The predicted octanol–water partition coefficient (Wildman–Crippen LogP) is 2.62. The van der Waals surface area contributed by atoms with Crippen LogP contribution in [-0.2, 0) is 6.54 Å². The SMILES string of the molecule is O=Cc1ccc(F)cc1CN1CCCCC1. The molecule has 0 bridgehead atoms. The third-order valence-electron chi connectivity index (χ3n) is 3.07. The van der Waals surface area contributed by atoms with Crippen molar-refractivity contribution in [2.24, 2.45) is 0 Å². The van der Waals surface area contributed by atoms with Crippen LogP contribution in [0.2, 0.25) is 0 Å². The molecule has 16 heavy (non-hydrogen) atoms. The van der Waals surface area contributed by atoms with Crippen LogP contribution in [0, 0.1) is 5.82 Å². The molecule has 0 aromatic heterocycles. The zero-order valence-corrected chi connectivity index (χ0v) is 9.29. The van der Waals surface area contributed by atoms with Crippen LogP contribution >= 0.6 is 0 Å². The fraction of sp³-hybridized carbons (Fsp3) is 0.462. The zero-order valence-electron chi connectivity index (χ0n) is 9.29. The molecule has 86 valence electrons. The Kier molecular flexibility index (Phi) is 3.67. The standard InChI is InChI=1S/C13H16FNO/c14-13-5-4-11(10-16)12(8-13)9-15-6-2-1-3-7-15/h4-5,8,10H,1-3,6-7,9H2. The van der Waals surface area contributed by atoms with E-state index in [1.165, 1.54) is 31.4 Å². The molecule has 0 saturated carbocycles. The monoisotopic (exact) mass is 221 g/mol. The number of hydrogen-bond acceptors (Lipinski definition) is 2. The number of rotatable bonds is 3. The second-order valence-corrected chi connectivity index (χ2v) is 4.30. The van der Waals surface area contributed by atoms with Crippen LogP contribution in [-0.4, -0.2) is 24.3 Å². The summed E-state index contributed by atoms with van der Waals surface area (Å²) in [5.41, 5.74) is 1.41. The summed E-state index contributed by atoms with van der Waals surface area (Å²) in [7, 11) is 0. The average molecular weight is 221 g/mol. The van der Waals surface area contributed by atoms with Crippen LogP contribution < -0.4 is 0 Å². The van der Waals surface area contributed by atoms with E-state index in [2.05, 4.69) is 4.90 Å². The fourth-order valence-electron chi connectivity index (χ4n) is 2.18. The molecule has 1 aliphatic rings. The van der Waals surface area contributed by atoms with Gasteiger partial charge in [0, 0.05) is 12.1 Å². The molecule has 0 atom stereocenters. The molecule has 1 fully saturated rings. The summed E-state index contributed by atoms with van der Waals surface area (Å²) in [5, 5.41) is 0. The van der Waals surface area contributed by atoms with Crippen molar-refractivity contribution in [3.05, 3.63) is 35.1 Å². The van der Waals surface area contributed by atoms with Gasteiger partial charge in [0.05, 0.1) is 0 Å². The molecule has 0 unspecified atom stereocenters. The van der Waals surface area contributed by atoms with E-state index >= 15 is 0 Å². The normalized spacial score (nSPS) is 17.3. The van der Waals surface area contributed by atoms with Crippen molar-refractivity contribution >= 4 is 6.29 Å². The highest BCUT2D eigenvalue weighted by molar-refractivity contribution is 5.77. The zero-order chi connectivity index (χ0) is 11.4. The van der Waals surface area contributed by atoms with Gasteiger partial charge in [-0.05, 0) is 49.7 Å². The Morgan fingerprint density at radius 1 is 1.25 bits per heavy atom. The molecule has 1 saturated heterocycles. The molecular weight excluding hydrogens is 205 g/mol. The van der Waals surface area contributed by atoms with Crippen molar-refractivity contribution in [3.8, 4) is 0 Å². The van der Waals surface area contributed by atoms with Gasteiger partial charge in [0.1, 0.15) is 12.1 Å². The molecule has 2 nitrogen and oxygen atoms in total. The molecule has 1 aromatic carbocycles. The van der Waals surface area contributed by atoms with Gasteiger partial charge in [-0.25, -0.2) is 4.39 Å². The number of nitrogens with zero attached hydrogens (tertiary/aromatic N) is 1. The number of benzene rings is 1. The number of carbonyl (C=O) groups excluding carboxylic acids is 1. The first-order valence-electron chi connectivity index (χ1n) is 5.75. The minimum absolute atomic E-state index is 0.266. The summed E-state index contributed by atoms with van der Waals surface area (Å²) in [6.45, 7) is 2.79. The van der Waals surface area contributed by atoms with Crippen molar-refractivity contribution < 1.29 is 9.18 Å². The number of carbonyl (C=O) groups is 1. The van der Waals surface area contributed by atoms with Crippen molar-refractivity contribution in [3.63, 3.8) is 0 Å². The second-order valence-electron chi connectivity index (χ2n) is 4.30. The molecule has 3 heteroatoms. The lowest BCUT2D eigenvalue weighted by Crippen LogP contribution is -2.29. The van der Waals surface area contributed by atoms with E-state index in [1.807, 2.05) is 0 Å². The lowest BCUT2D eigenvalue weighted by atomic mass is 10.1. The molecule has 0 spiro atoms. The Bertz CT molecular complexity index is 372. The number of likely N-dealkylation sites (tertiary alicyclic amines) is 1. The van der Waals surface area contributed by atoms with Crippen LogP contribution in [0.4, 0.5) is 4.39 Å². The maximum absolute atomic E-state index is 13.1. The first kappa shape index (κ1) is 11.3. The Morgan fingerprint density at radius 2 is 2.00 bits per heavy atom. The Morgan fingerprint density at radius 3 is 2.69 bits per heavy atom. The van der Waals surface area contributed by atoms with E-state index in [1.54, 1.807) is 6.07 Å². The van der Waals surface area contributed by atoms with E-state index in [4.69, 9.17) is 0 Å². The Labute approximate surface area is 95.1 Å². The maximum atomic E-state index is 13.1. The van der Waals surface area contributed by atoms with Crippen molar-refractivity contribution in [2.75, 3.05) is 13.1 Å². The van der Waals surface area contributed by atoms with E-state index in [0.29, 0.717) is 12.1 Å². The molecule has 1 aromatic rings. The van der Waals surface area contributed by atoms with Crippen molar-refractivity contribution in [2.45, 2.75) is 25.8 Å². The summed E-state index contributed by atoms with van der Waals surface area (Å²) < 4.78 is 13.1. The molecule has 1 aliphatic heterocycles.